The first-order valence-electron chi connectivity index (χ1n) is 6.45. The number of phenolic OH excluding ortho intramolecular Hbond substituents is 2. The summed E-state index contributed by atoms with van der Waals surface area (Å²) in [5, 5.41) is 20.8. The highest BCUT2D eigenvalue weighted by atomic mass is 79.9. The van der Waals surface area contributed by atoms with E-state index in [0.29, 0.717) is 11.1 Å². The van der Waals surface area contributed by atoms with Gasteiger partial charge in [0, 0.05) is 29.0 Å². The normalized spacial score (nSPS) is 11.1. The molecule has 6 heteroatoms. The molecule has 22 heavy (non-hydrogen) atoms. The van der Waals surface area contributed by atoms with Gasteiger partial charge >= 0.3 is 0 Å². The van der Waals surface area contributed by atoms with Crippen molar-refractivity contribution in [2.75, 3.05) is 0 Å². The van der Waals surface area contributed by atoms with Crippen LogP contribution in [0.25, 0.3) is 11.1 Å². The minimum atomic E-state index is -0.0921. The Morgan fingerprint density at radius 3 is 1.55 bits per heavy atom. The van der Waals surface area contributed by atoms with Gasteiger partial charge in [0.2, 0.25) is 0 Å². The molecule has 0 radical (unpaired) electrons. The van der Waals surface area contributed by atoms with Crippen LogP contribution in [0, 0.1) is 27.7 Å². The number of aromatic hydroxyl groups is 2. The molecule has 0 amide bonds. The highest BCUT2D eigenvalue weighted by Crippen LogP contribution is 2.51. The van der Waals surface area contributed by atoms with Crippen molar-refractivity contribution in [2.45, 2.75) is 27.7 Å². The first kappa shape index (κ1) is 18.3. The highest BCUT2D eigenvalue weighted by molar-refractivity contribution is 9.15. The van der Waals surface area contributed by atoms with Crippen LogP contribution in [-0.4, -0.2) is 10.2 Å². The molecule has 2 nitrogen and oxygen atoms in total. The molecule has 0 unspecified atom stereocenters. The summed E-state index contributed by atoms with van der Waals surface area (Å²) in [6.07, 6.45) is 0. The SMILES string of the molecule is Cc1c(C)c(O)c(O)c(-c2c(C)c(Br)c(Br)c(Br)c2Br)c1C. The predicted molar refractivity (Wildman–Crippen MR) is 105 cm³/mol. The van der Waals surface area contributed by atoms with Crippen LogP contribution in [0.3, 0.4) is 0 Å². The van der Waals surface area contributed by atoms with Gasteiger partial charge in [-0.25, -0.2) is 0 Å². The fourth-order valence-electron chi connectivity index (χ4n) is 2.46. The van der Waals surface area contributed by atoms with Crippen molar-refractivity contribution in [3.8, 4) is 22.6 Å². The average molecular weight is 558 g/mol. The van der Waals surface area contributed by atoms with Crippen molar-refractivity contribution in [2.24, 2.45) is 0 Å². The van der Waals surface area contributed by atoms with Gasteiger partial charge in [0.1, 0.15) is 0 Å². The number of hydrogen-bond donors (Lipinski definition) is 2. The number of hydrogen-bond acceptors (Lipinski definition) is 2. The molecule has 2 N–H and O–H groups in total. The molecule has 0 heterocycles. The molecule has 118 valence electrons. The van der Waals surface area contributed by atoms with E-state index in [1.165, 1.54) is 0 Å². The quantitative estimate of drug-likeness (QED) is 0.224. The zero-order chi connectivity index (χ0) is 16.9. The van der Waals surface area contributed by atoms with E-state index < -0.39 is 0 Å². The summed E-state index contributed by atoms with van der Waals surface area (Å²) in [7, 11) is 0. The van der Waals surface area contributed by atoms with Gasteiger partial charge in [-0.2, -0.15) is 0 Å². The Bertz CT molecular complexity index is 672. The number of rotatable bonds is 1. The van der Waals surface area contributed by atoms with Gasteiger partial charge in [-0.3, -0.25) is 0 Å². The van der Waals surface area contributed by atoms with E-state index >= 15 is 0 Å². The summed E-state index contributed by atoms with van der Waals surface area (Å²) in [4.78, 5) is 0. The van der Waals surface area contributed by atoms with Crippen LogP contribution < -0.4 is 0 Å². The largest absolute Gasteiger partial charge is 0.504 e. The van der Waals surface area contributed by atoms with Gasteiger partial charge in [0.25, 0.3) is 0 Å². The molecule has 0 spiro atoms. The Hall–Kier alpha value is -0.0400. The summed E-state index contributed by atoms with van der Waals surface area (Å²) < 4.78 is 3.46. The molecule has 0 aliphatic rings. The van der Waals surface area contributed by atoms with E-state index in [-0.39, 0.29) is 11.5 Å². The van der Waals surface area contributed by atoms with Crippen LogP contribution in [0.1, 0.15) is 22.3 Å². The second-order valence-corrected chi connectivity index (χ2v) is 8.38. The third-order valence-corrected chi connectivity index (χ3v) is 9.03. The van der Waals surface area contributed by atoms with Gasteiger partial charge in [-0.05, 0) is 114 Å². The Kier molecular flexibility index (Phi) is 5.37. The monoisotopic (exact) mass is 554 g/mol. The minimum absolute atomic E-state index is 0.0698. The van der Waals surface area contributed by atoms with Crippen molar-refractivity contribution < 1.29 is 10.2 Å². The van der Waals surface area contributed by atoms with E-state index in [1.54, 1.807) is 6.92 Å². The molecule has 0 saturated carbocycles. The molecule has 2 rings (SSSR count). The molecule has 0 saturated heterocycles. The Balaban J connectivity index is 3.03. The highest BCUT2D eigenvalue weighted by Gasteiger charge is 2.24. The van der Waals surface area contributed by atoms with Crippen LogP contribution in [0.4, 0.5) is 0 Å². The fourth-order valence-corrected chi connectivity index (χ4v) is 4.98. The lowest BCUT2D eigenvalue weighted by Gasteiger charge is -2.21. The Morgan fingerprint density at radius 2 is 1.00 bits per heavy atom. The van der Waals surface area contributed by atoms with Crippen molar-refractivity contribution in [1.29, 1.82) is 0 Å². The minimum Gasteiger partial charge on any atom is -0.504 e. The maximum Gasteiger partial charge on any atom is 0.166 e. The summed E-state index contributed by atoms with van der Waals surface area (Å²) >= 11 is 14.2. The zero-order valence-corrected chi connectivity index (χ0v) is 18.8. The van der Waals surface area contributed by atoms with Gasteiger partial charge in [0.05, 0.1) is 0 Å². The third kappa shape index (κ3) is 2.66. The van der Waals surface area contributed by atoms with Crippen LogP contribution in [0.15, 0.2) is 17.9 Å². The molecule has 2 aromatic carbocycles. The van der Waals surface area contributed by atoms with E-state index in [0.717, 1.165) is 40.1 Å². The first-order valence-corrected chi connectivity index (χ1v) is 9.63. The van der Waals surface area contributed by atoms with Crippen molar-refractivity contribution >= 4 is 63.7 Å². The molecule has 0 bridgehead atoms. The van der Waals surface area contributed by atoms with Crippen LogP contribution in [-0.2, 0) is 0 Å². The summed E-state index contributed by atoms with van der Waals surface area (Å²) in [6, 6.07) is 0. The second-order valence-electron chi connectivity index (χ2n) is 5.20. The molecule has 0 aromatic heterocycles. The van der Waals surface area contributed by atoms with E-state index in [2.05, 4.69) is 63.7 Å². The topological polar surface area (TPSA) is 40.5 Å². The molecule has 0 atom stereocenters. The van der Waals surface area contributed by atoms with Gasteiger partial charge < -0.3 is 10.2 Å². The lowest BCUT2D eigenvalue weighted by Crippen LogP contribution is -1.97. The molecule has 0 fully saturated rings. The Labute approximate surface area is 163 Å². The maximum absolute atomic E-state index is 10.5. The zero-order valence-electron chi connectivity index (χ0n) is 12.4. The molecule has 2 aromatic rings. The second kappa shape index (κ2) is 6.46. The Morgan fingerprint density at radius 1 is 0.500 bits per heavy atom. The number of halogens is 4. The summed E-state index contributed by atoms with van der Waals surface area (Å²) in [5.41, 5.74) is 5.05. The molecular weight excluding hydrogens is 544 g/mol. The number of phenols is 2. The van der Waals surface area contributed by atoms with Gasteiger partial charge in [0.15, 0.2) is 11.5 Å². The average Bonchev–Trinajstić information content (AvgIpc) is 2.50. The lowest BCUT2D eigenvalue weighted by atomic mass is 9.90. The van der Waals surface area contributed by atoms with Gasteiger partial charge in [-0.1, -0.05) is 0 Å². The molecule has 0 aliphatic heterocycles. The standard InChI is InChI=1S/C16H14Br4O2/c1-5-6(2)10(16(22)15(21)7(5)3)9-8(4)11(17)13(19)14(20)12(9)18/h21-22H,1-4H3. The molecular formula is C16H14Br4O2. The smallest absolute Gasteiger partial charge is 0.166 e. The van der Waals surface area contributed by atoms with Gasteiger partial charge in [-0.15, -0.1) is 0 Å². The lowest BCUT2D eigenvalue weighted by molar-refractivity contribution is 0.401. The van der Waals surface area contributed by atoms with Crippen LogP contribution in [0.2, 0.25) is 0 Å². The first-order chi connectivity index (χ1) is 10.1. The number of benzene rings is 2. The van der Waals surface area contributed by atoms with Crippen LogP contribution in [0.5, 0.6) is 11.5 Å². The summed E-state index contributed by atoms with van der Waals surface area (Å²) in [6.45, 7) is 7.66. The van der Waals surface area contributed by atoms with E-state index in [1.807, 2.05) is 20.8 Å². The predicted octanol–water partition coefficient (Wildman–Crippen LogP) is 7.05. The van der Waals surface area contributed by atoms with Crippen molar-refractivity contribution in [3.05, 3.63) is 40.1 Å². The van der Waals surface area contributed by atoms with E-state index in [4.69, 9.17) is 0 Å². The maximum atomic E-state index is 10.5. The van der Waals surface area contributed by atoms with Crippen molar-refractivity contribution in [3.63, 3.8) is 0 Å². The molecule has 0 aliphatic carbocycles. The van der Waals surface area contributed by atoms with Crippen LogP contribution >= 0.6 is 63.7 Å². The van der Waals surface area contributed by atoms with E-state index in [9.17, 15) is 10.2 Å². The van der Waals surface area contributed by atoms with Crippen molar-refractivity contribution in [1.82, 2.24) is 0 Å². The summed E-state index contributed by atoms with van der Waals surface area (Å²) in [5.74, 6) is -0.162. The third-order valence-electron chi connectivity index (χ3n) is 4.07. The fraction of sp³-hybridized carbons (Fsp3) is 0.250.